The van der Waals surface area contributed by atoms with Crippen molar-refractivity contribution in [1.29, 1.82) is 0 Å². The Bertz CT molecular complexity index is 1710. The molecule has 40 heavy (non-hydrogen) atoms. The van der Waals surface area contributed by atoms with E-state index in [0.29, 0.717) is 58.5 Å². The smallest absolute Gasteiger partial charge is 0.356 e. The average molecular weight is 585 g/mol. The van der Waals surface area contributed by atoms with Gasteiger partial charge in [-0.05, 0) is 56.9 Å². The molecule has 3 aromatic heterocycles. The van der Waals surface area contributed by atoms with Crippen LogP contribution in [0.25, 0.3) is 10.9 Å². The fourth-order valence-corrected chi connectivity index (χ4v) is 6.29. The summed E-state index contributed by atoms with van der Waals surface area (Å²) >= 11 is 12.4. The summed E-state index contributed by atoms with van der Waals surface area (Å²) in [4.78, 5) is 38.9. The van der Waals surface area contributed by atoms with Crippen LogP contribution in [0.5, 0.6) is 0 Å². The van der Waals surface area contributed by atoms with Gasteiger partial charge in [-0.2, -0.15) is 4.98 Å². The number of aromatic nitrogens is 5. The number of halogens is 2. The Hall–Kier alpha value is -3.54. The van der Waals surface area contributed by atoms with E-state index < -0.39 is 17.6 Å². The Morgan fingerprint density at radius 3 is 2.52 bits per heavy atom. The van der Waals surface area contributed by atoms with Crippen LogP contribution in [-0.2, 0) is 22.8 Å². The molecule has 7 rings (SSSR count). The maximum atomic E-state index is 13.7. The Morgan fingerprint density at radius 2 is 1.90 bits per heavy atom. The molecule has 11 nitrogen and oxygen atoms in total. The number of fused-ring (bicyclic) bond motifs is 4. The number of carboxylic acid groups (broad SMARTS) is 1. The number of hydrogen-bond donors (Lipinski definition) is 2. The molecule has 5 heterocycles. The monoisotopic (exact) mass is 584 g/mol. The first-order valence-corrected chi connectivity index (χ1v) is 13.6. The minimum atomic E-state index is -1.22. The highest BCUT2D eigenvalue weighted by Gasteiger charge is 2.55. The molecule has 3 fully saturated rings. The number of nitrogens with zero attached hydrogens (tertiary/aromatic N) is 5. The van der Waals surface area contributed by atoms with Crippen molar-refractivity contribution in [2.24, 2.45) is 7.05 Å². The van der Waals surface area contributed by atoms with Gasteiger partial charge in [0, 0.05) is 24.6 Å². The van der Waals surface area contributed by atoms with Crippen LogP contribution in [-0.4, -0.2) is 42.4 Å². The summed E-state index contributed by atoms with van der Waals surface area (Å²) in [5, 5.41) is 17.8. The first-order valence-electron chi connectivity index (χ1n) is 12.8. The van der Waals surface area contributed by atoms with Crippen LogP contribution < -0.4 is 10.9 Å². The van der Waals surface area contributed by atoms with Gasteiger partial charge in [0.05, 0.1) is 34.7 Å². The number of carboxylic acids is 1. The van der Waals surface area contributed by atoms with Gasteiger partial charge in [-0.25, -0.2) is 14.8 Å². The topological polar surface area (TPSA) is 145 Å². The molecule has 2 bridgehead atoms. The highest BCUT2D eigenvalue weighted by Crippen LogP contribution is 2.53. The summed E-state index contributed by atoms with van der Waals surface area (Å²) in [5.41, 5.74) is -0.149. The third-order valence-electron chi connectivity index (χ3n) is 8.13. The summed E-state index contributed by atoms with van der Waals surface area (Å²) in [6, 6.07) is 5.89. The van der Waals surface area contributed by atoms with Gasteiger partial charge in [0.1, 0.15) is 16.6 Å². The van der Waals surface area contributed by atoms with Gasteiger partial charge in [0.2, 0.25) is 5.89 Å². The van der Waals surface area contributed by atoms with Gasteiger partial charge in [-0.3, -0.25) is 9.36 Å². The van der Waals surface area contributed by atoms with E-state index in [2.05, 4.69) is 20.4 Å². The van der Waals surface area contributed by atoms with E-state index >= 15 is 0 Å². The minimum absolute atomic E-state index is 0.0660. The first kappa shape index (κ1) is 26.7. The van der Waals surface area contributed by atoms with Crippen molar-refractivity contribution in [3.8, 4) is 0 Å². The third-order valence-corrected chi connectivity index (χ3v) is 8.55. The molecule has 1 saturated carbocycles. The van der Waals surface area contributed by atoms with Crippen molar-refractivity contribution in [2.45, 2.75) is 56.6 Å². The molecule has 3 aliphatic rings. The lowest BCUT2D eigenvalue weighted by atomic mass is 9.65. The lowest BCUT2D eigenvalue weighted by Crippen LogP contribution is -2.53. The van der Waals surface area contributed by atoms with Gasteiger partial charge >= 0.3 is 5.97 Å². The van der Waals surface area contributed by atoms with Crippen LogP contribution in [0.15, 0.2) is 33.6 Å². The van der Waals surface area contributed by atoms with Crippen molar-refractivity contribution in [2.75, 3.05) is 11.9 Å². The predicted molar refractivity (Wildman–Crippen MR) is 147 cm³/mol. The van der Waals surface area contributed by atoms with Crippen molar-refractivity contribution in [3.63, 3.8) is 0 Å². The van der Waals surface area contributed by atoms with Gasteiger partial charge < -0.3 is 19.7 Å². The highest BCUT2D eigenvalue weighted by molar-refractivity contribution is 6.31. The quantitative estimate of drug-likeness (QED) is 0.299. The van der Waals surface area contributed by atoms with E-state index in [-0.39, 0.29) is 27.5 Å². The largest absolute Gasteiger partial charge is 0.476 e. The summed E-state index contributed by atoms with van der Waals surface area (Å²) in [5.74, 6) is 0.496. The minimum Gasteiger partial charge on any atom is -0.476 e. The van der Waals surface area contributed by atoms with Crippen molar-refractivity contribution in [1.82, 2.24) is 24.7 Å². The van der Waals surface area contributed by atoms with Gasteiger partial charge in [0.25, 0.3) is 5.56 Å². The Balaban J connectivity index is 1.41. The molecule has 1 atom stereocenters. The molecule has 2 aliphatic heterocycles. The van der Waals surface area contributed by atoms with Gasteiger partial charge in [-0.1, -0.05) is 28.4 Å². The number of benzene rings is 1. The maximum Gasteiger partial charge on any atom is 0.356 e. The number of nitrogens with one attached hydrogen (secondary N) is 1. The molecular formula is C27H26Cl2N6O5. The van der Waals surface area contributed by atoms with Gasteiger partial charge in [-0.15, -0.1) is 0 Å². The standard InChI is InChI=1S/C27H26Cl2N6O5/c1-13(30-18-4-5-19(29)32-21(18)23(37)38)16-10-15(28)11-17-20(16)33-25(35(3)22(17)36)27-8-6-26(7-9-27,12-39-27)24-31-14(2)40-34-24/h4-5,10-11,13,30H,6-9,12H2,1-3H3,(H,37,38)/t13-,26?,27?/m1/s1. The number of aromatic carboxylic acids is 1. The summed E-state index contributed by atoms with van der Waals surface area (Å²) in [6.07, 6.45) is 2.82. The molecule has 0 radical (unpaired) electrons. The SMILES string of the molecule is Cc1nc(C23CCC(c4nc5c([C@@H](C)Nc6ccc(Cl)nc6C(=O)O)cc(Cl)cc5c(=O)n4C)(CC2)OC3)no1. The van der Waals surface area contributed by atoms with Crippen LogP contribution in [0.3, 0.4) is 0 Å². The number of aryl methyl sites for hydroxylation is 1. The Labute approximate surface area is 238 Å². The molecule has 0 amide bonds. The fraction of sp³-hybridized carbons (Fsp3) is 0.407. The van der Waals surface area contributed by atoms with Crippen LogP contribution >= 0.6 is 23.2 Å². The molecule has 0 spiro atoms. The van der Waals surface area contributed by atoms with E-state index in [1.807, 2.05) is 6.92 Å². The molecule has 2 N–H and O–H groups in total. The van der Waals surface area contributed by atoms with Crippen molar-refractivity contribution >= 4 is 45.8 Å². The second-order valence-electron chi connectivity index (χ2n) is 10.6. The highest BCUT2D eigenvalue weighted by atomic mass is 35.5. The van der Waals surface area contributed by atoms with Crippen molar-refractivity contribution in [3.05, 3.63) is 73.6 Å². The zero-order chi connectivity index (χ0) is 28.4. The summed E-state index contributed by atoms with van der Waals surface area (Å²) in [6.45, 7) is 4.00. The average Bonchev–Trinajstić information content (AvgIpc) is 3.39. The van der Waals surface area contributed by atoms with Crippen LogP contribution in [0.4, 0.5) is 5.69 Å². The zero-order valence-electron chi connectivity index (χ0n) is 22.0. The first-order chi connectivity index (χ1) is 19.0. The maximum absolute atomic E-state index is 13.7. The lowest BCUT2D eigenvalue weighted by molar-refractivity contribution is -0.171. The Kier molecular flexibility index (Phi) is 6.36. The van der Waals surface area contributed by atoms with Gasteiger partial charge in [0.15, 0.2) is 11.5 Å². The molecule has 0 unspecified atom stereocenters. The van der Waals surface area contributed by atoms with E-state index in [4.69, 9.17) is 37.4 Å². The van der Waals surface area contributed by atoms with E-state index in [9.17, 15) is 14.7 Å². The van der Waals surface area contributed by atoms with Crippen LogP contribution in [0, 0.1) is 6.92 Å². The van der Waals surface area contributed by atoms with E-state index in [1.165, 1.54) is 6.07 Å². The number of carbonyl (C=O) groups is 1. The summed E-state index contributed by atoms with van der Waals surface area (Å²) < 4.78 is 13.3. The van der Waals surface area contributed by atoms with Crippen LogP contribution in [0.1, 0.15) is 72.2 Å². The number of pyridine rings is 1. The zero-order valence-corrected chi connectivity index (χ0v) is 23.5. The fourth-order valence-electron chi connectivity index (χ4n) is 5.92. The Morgan fingerprint density at radius 1 is 1.15 bits per heavy atom. The summed E-state index contributed by atoms with van der Waals surface area (Å²) in [7, 11) is 1.70. The normalized spacial score (nSPS) is 22.9. The number of rotatable bonds is 6. The molecular weight excluding hydrogens is 559 g/mol. The van der Waals surface area contributed by atoms with Crippen LogP contribution in [0.2, 0.25) is 10.2 Å². The molecule has 1 aromatic carbocycles. The molecule has 2 saturated heterocycles. The molecule has 13 heteroatoms. The lowest BCUT2D eigenvalue weighted by Gasteiger charge is -2.51. The van der Waals surface area contributed by atoms with Crippen molar-refractivity contribution < 1.29 is 19.2 Å². The predicted octanol–water partition coefficient (Wildman–Crippen LogP) is 4.94. The number of anilines is 1. The number of hydrogen-bond acceptors (Lipinski definition) is 9. The molecule has 1 aliphatic carbocycles. The number of ether oxygens (including phenoxy) is 1. The van der Waals surface area contributed by atoms with E-state index in [0.717, 1.165) is 12.8 Å². The second-order valence-corrected chi connectivity index (χ2v) is 11.4. The third kappa shape index (κ3) is 4.23. The second kappa shape index (κ2) is 9.53. The van der Waals surface area contributed by atoms with E-state index in [1.54, 1.807) is 36.7 Å². The molecule has 208 valence electrons. The molecule has 4 aromatic rings.